The quantitative estimate of drug-likeness (QED) is 0.594. The van der Waals surface area contributed by atoms with Crippen molar-refractivity contribution in [2.45, 2.75) is 19.4 Å². The first-order valence-corrected chi connectivity index (χ1v) is 8.36. The molecule has 0 fully saturated rings. The molecule has 2 aromatic carbocycles. The van der Waals surface area contributed by atoms with Crippen molar-refractivity contribution in [1.82, 2.24) is 10.2 Å². The van der Waals surface area contributed by atoms with Gasteiger partial charge in [0.2, 0.25) is 0 Å². The van der Waals surface area contributed by atoms with Crippen LogP contribution in [0.25, 0.3) is 0 Å². The molecule has 0 heterocycles. The molecule has 0 bridgehead atoms. The number of methoxy groups -OCH3 is 1. The smallest absolute Gasteiger partial charge is 0.325 e. The number of nitrogens with one attached hydrogen (secondary N) is 1. The van der Waals surface area contributed by atoms with E-state index in [2.05, 4.69) is 17.4 Å². The summed E-state index contributed by atoms with van der Waals surface area (Å²) in [6.07, 6.45) is 1.74. The molecule has 0 saturated carbocycles. The topological polar surface area (TPSA) is 58.6 Å². The van der Waals surface area contributed by atoms with Gasteiger partial charge in [-0.3, -0.25) is 4.79 Å². The predicted molar refractivity (Wildman–Crippen MR) is 97.0 cm³/mol. The Morgan fingerprint density at radius 3 is 2.16 bits per heavy atom. The summed E-state index contributed by atoms with van der Waals surface area (Å²) in [6.45, 7) is 0.844. The Bertz CT molecular complexity index is 659. The minimum Gasteiger partial charge on any atom is -0.468 e. The molecule has 0 aliphatic heterocycles. The number of nitrogens with zero attached hydrogens (tertiary/aromatic N) is 1. The number of rotatable bonds is 8. The lowest BCUT2D eigenvalue weighted by Crippen LogP contribution is -2.43. The van der Waals surface area contributed by atoms with Crippen LogP contribution < -0.4 is 5.32 Å². The van der Waals surface area contributed by atoms with Gasteiger partial charge < -0.3 is 15.0 Å². The summed E-state index contributed by atoms with van der Waals surface area (Å²) in [4.78, 5) is 25.5. The maximum atomic E-state index is 12.4. The maximum Gasteiger partial charge on any atom is 0.325 e. The highest BCUT2D eigenvalue weighted by Crippen LogP contribution is 2.06. The molecular weight excluding hydrogens is 316 g/mol. The molecule has 25 heavy (non-hydrogen) atoms. The third-order valence-electron chi connectivity index (χ3n) is 3.81. The molecule has 0 saturated heterocycles. The van der Waals surface area contributed by atoms with Crippen molar-refractivity contribution in [2.24, 2.45) is 0 Å². The lowest BCUT2D eigenvalue weighted by atomic mass is 10.1. The van der Waals surface area contributed by atoms with E-state index in [0.29, 0.717) is 13.1 Å². The van der Waals surface area contributed by atoms with Gasteiger partial charge >= 0.3 is 12.0 Å². The number of ether oxygens (including phenoxy) is 1. The first-order valence-electron chi connectivity index (χ1n) is 8.36. The second-order valence-corrected chi connectivity index (χ2v) is 5.74. The van der Waals surface area contributed by atoms with Gasteiger partial charge in [-0.1, -0.05) is 60.7 Å². The van der Waals surface area contributed by atoms with Crippen LogP contribution in [0.1, 0.15) is 17.5 Å². The van der Waals surface area contributed by atoms with E-state index < -0.39 is 5.97 Å². The molecule has 5 nitrogen and oxygen atoms in total. The molecule has 2 rings (SSSR count). The van der Waals surface area contributed by atoms with Gasteiger partial charge in [0.05, 0.1) is 7.11 Å². The average Bonchev–Trinajstić information content (AvgIpc) is 2.66. The van der Waals surface area contributed by atoms with Gasteiger partial charge in [-0.15, -0.1) is 0 Å². The van der Waals surface area contributed by atoms with Gasteiger partial charge in [0.1, 0.15) is 6.54 Å². The molecule has 0 aromatic heterocycles. The van der Waals surface area contributed by atoms with E-state index >= 15 is 0 Å². The SMILES string of the molecule is COC(=O)CN(Cc1ccccc1)C(=O)NCCCc1ccccc1. The molecule has 0 aliphatic carbocycles. The zero-order valence-electron chi connectivity index (χ0n) is 14.5. The second-order valence-electron chi connectivity index (χ2n) is 5.74. The van der Waals surface area contributed by atoms with Gasteiger partial charge in [0, 0.05) is 13.1 Å². The highest BCUT2D eigenvalue weighted by Gasteiger charge is 2.17. The second kappa shape index (κ2) is 10.1. The third-order valence-corrected chi connectivity index (χ3v) is 3.81. The van der Waals surface area contributed by atoms with Gasteiger partial charge in [0.25, 0.3) is 0 Å². The summed E-state index contributed by atoms with van der Waals surface area (Å²) in [5.74, 6) is -0.435. The number of hydrogen-bond donors (Lipinski definition) is 1. The Balaban J connectivity index is 1.85. The van der Waals surface area contributed by atoms with Crippen LogP contribution in [-0.2, 0) is 22.5 Å². The molecular formula is C20H24N2O3. The lowest BCUT2D eigenvalue weighted by Gasteiger charge is -2.22. The number of amides is 2. The van der Waals surface area contributed by atoms with Gasteiger partial charge in [-0.25, -0.2) is 4.79 Å². The summed E-state index contributed by atoms with van der Waals surface area (Å²) >= 11 is 0. The highest BCUT2D eigenvalue weighted by molar-refractivity contribution is 5.80. The molecule has 132 valence electrons. The molecule has 0 aliphatic rings. The summed E-state index contributed by atoms with van der Waals surface area (Å²) in [7, 11) is 1.32. The molecule has 0 spiro atoms. The van der Waals surface area contributed by atoms with Crippen LogP contribution in [0, 0.1) is 0 Å². The maximum absolute atomic E-state index is 12.4. The Labute approximate surface area is 148 Å². The monoisotopic (exact) mass is 340 g/mol. The van der Waals surface area contributed by atoms with Crippen LogP contribution in [-0.4, -0.2) is 37.1 Å². The summed E-state index contributed by atoms with van der Waals surface area (Å²) < 4.78 is 4.69. The zero-order valence-corrected chi connectivity index (χ0v) is 14.5. The van der Waals surface area contributed by atoms with Crippen LogP contribution in [0.5, 0.6) is 0 Å². The van der Waals surface area contributed by atoms with Crippen molar-refractivity contribution in [3.8, 4) is 0 Å². The first kappa shape index (κ1) is 18.5. The summed E-state index contributed by atoms with van der Waals surface area (Å²) in [6, 6.07) is 19.4. The van der Waals surface area contributed by atoms with E-state index in [0.717, 1.165) is 18.4 Å². The van der Waals surface area contributed by atoms with Gasteiger partial charge in [-0.05, 0) is 24.0 Å². The van der Waals surface area contributed by atoms with E-state index in [1.165, 1.54) is 17.6 Å². The van der Waals surface area contributed by atoms with Crippen molar-refractivity contribution >= 4 is 12.0 Å². The Hall–Kier alpha value is -2.82. The minimum atomic E-state index is -0.435. The zero-order chi connectivity index (χ0) is 17.9. The molecule has 0 radical (unpaired) electrons. The van der Waals surface area contributed by atoms with Gasteiger partial charge in [-0.2, -0.15) is 0 Å². The largest absolute Gasteiger partial charge is 0.468 e. The normalized spacial score (nSPS) is 10.1. The number of urea groups is 1. The Kier molecular flexibility index (Phi) is 7.50. The molecule has 0 unspecified atom stereocenters. The average molecular weight is 340 g/mol. The standard InChI is InChI=1S/C20H24N2O3/c1-25-19(23)16-22(15-18-11-6-3-7-12-18)20(24)21-14-8-13-17-9-4-2-5-10-17/h2-7,9-12H,8,13-16H2,1H3,(H,21,24). The van der Waals surface area contributed by atoms with E-state index in [1.54, 1.807) is 0 Å². The van der Waals surface area contributed by atoms with Crippen molar-refractivity contribution < 1.29 is 14.3 Å². The van der Waals surface area contributed by atoms with Crippen LogP contribution in [0.4, 0.5) is 4.79 Å². The molecule has 2 aromatic rings. The number of esters is 1. The number of carbonyl (C=O) groups excluding carboxylic acids is 2. The minimum absolute atomic E-state index is 0.0735. The van der Waals surface area contributed by atoms with Crippen LogP contribution in [0.2, 0.25) is 0 Å². The molecule has 5 heteroatoms. The highest BCUT2D eigenvalue weighted by atomic mass is 16.5. The number of carbonyl (C=O) groups is 2. The van der Waals surface area contributed by atoms with E-state index in [-0.39, 0.29) is 12.6 Å². The number of aryl methyl sites for hydroxylation is 1. The fourth-order valence-corrected chi connectivity index (χ4v) is 2.47. The number of hydrogen-bond acceptors (Lipinski definition) is 3. The fraction of sp³-hybridized carbons (Fsp3) is 0.300. The first-order chi connectivity index (χ1) is 12.2. The van der Waals surface area contributed by atoms with E-state index in [1.807, 2.05) is 48.5 Å². The lowest BCUT2D eigenvalue weighted by molar-refractivity contribution is -0.141. The van der Waals surface area contributed by atoms with Crippen molar-refractivity contribution in [1.29, 1.82) is 0 Å². The van der Waals surface area contributed by atoms with Crippen LogP contribution >= 0.6 is 0 Å². The van der Waals surface area contributed by atoms with Crippen molar-refractivity contribution in [2.75, 3.05) is 20.2 Å². The predicted octanol–water partition coefficient (Wildman–Crippen LogP) is 3.00. The van der Waals surface area contributed by atoms with Crippen LogP contribution in [0.3, 0.4) is 0 Å². The summed E-state index contributed by atoms with van der Waals surface area (Å²) in [5.41, 5.74) is 2.21. The Morgan fingerprint density at radius 2 is 1.56 bits per heavy atom. The van der Waals surface area contributed by atoms with Crippen LogP contribution in [0.15, 0.2) is 60.7 Å². The molecule has 0 atom stereocenters. The molecule has 2 amide bonds. The third kappa shape index (κ3) is 6.67. The van der Waals surface area contributed by atoms with E-state index in [9.17, 15) is 9.59 Å². The van der Waals surface area contributed by atoms with Gasteiger partial charge in [0.15, 0.2) is 0 Å². The molecule has 1 N–H and O–H groups in total. The Morgan fingerprint density at radius 1 is 0.960 bits per heavy atom. The number of benzene rings is 2. The fourth-order valence-electron chi connectivity index (χ4n) is 2.47. The summed E-state index contributed by atoms with van der Waals surface area (Å²) in [5, 5.41) is 2.88. The van der Waals surface area contributed by atoms with E-state index in [4.69, 9.17) is 4.74 Å². The van der Waals surface area contributed by atoms with Crippen molar-refractivity contribution in [3.05, 3.63) is 71.8 Å². The van der Waals surface area contributed by atoms with Crippen molar-refractivity contribution in [3.63, 3.8) is 0 Å².